The summed E-state index contributed by atoms with van der Waals surface area (Å²) in [6.45, 7) is 45.9. The molecule has 2 spiro atoms. The van der Waals surface area contributed by atoms with E-state index >= 15 is 0 Å². The Morgan fingerprint density at radius 1 is 0.430 bits per heavy atom. The first-order valence-corrected chi connectivity index (χ1v) is 51.8. The number of hydrogen-bond acceptors (Lipinski definition) is 20. The Balaban J connectivity index is 0.00000768. The summed E-state index contributed by atoms with van der Waals surface area (Å²) < 4.78 is 62.1. The molecule has 4 heterocycles. The highest BCUT2D eigenvalue weighted by atomic mass is 28.5. The Morgan fingerprint density at radius 3 is 1.11 bits per heavy atom. The van der Waals surface area contributed by atoms with Gasteiger partial charge in [-0.15, -0.1) is 0 Å². The first kappa shape index (κ1) is 94.0. The Hall–Kier alpha value is -9.21. The number of carbonyl (C=O) groups is 4. The molecule has 0 amide bonds. The molecule has 8 aromatic carbocycles. The molecule has 0 aromatic heterocycles. The minimum atomic E-state index is -2.48. The van der Waals surface area contributed by atoms with E-state index in [1.54, 1.807) is 0 Å². The smallest absolute Gasteiger partial charge is 0.311 e. The van der Waals surface area contributed by atoms with Crippen molar-refractivity contribution in [2.75, 3.05) is 112 Å². The summed E-state index contributed by atoms with van der Waals surface area (Å²) in [5.41, 5.74) is 10.2. The largest absolute Gasteiger partial charge is 0.464 e. The quantitative estimate of drug-likeness (QED) is 0.0153. The van der Waals surface area contributed by atoms with Gasteiger partial charge in [0.2, 0.25) is 11.4 Å². The molecule has 2 unspecified atom stereocenters. The molecule has 0 saturated heterocycles. The van der Waals surface area contributed by atoms with Crippen molar-refractivity contribution in [3.63, 3.8) is 0 Å². The van der Waals surface area contributed by atoms with Crippen molar-refractivity contribution in [3.05, 3.63) is 169 Å². The van der Waals surface area contributed by atoms with Gasteiger partial charge in [-0.2, -0.15) is 0 Å². The lowest BCUT2D eigenvalue weighted by molar-refractivity contribution is -0.151. The van der Waals surface area contributed by atoms with E-state index in [4.69, 9.17) is 56.1 Å². The minimum absolute atomic E-state index is 0. The minimum Gasteiger partial charge on any atom is -0.464 e. The van der Waals surface area contributed by atoms with E-state index in [2.05, 4.69) is 300 Å². The van der Waals surface area contributed by atoms with Gasteiger partial charge in [0.25, 0.3) is 0 Å². The lowest BCUT2D eigenvalue weighted by Gasteiger charge is -2.48. The van der Waals surface area contributed by atoms with E-state index in [0.717, 1.165) is 116 Å². The number of benzene rings is 8. The Labute approximate surface area is 723 Å². The van der Waals surface area contributed by atoms with Gasteiger partial charge < -0.3 is 65.7 Å². The highest BCUT2D eigenvalue weighted by Crippen LogP contribution is 2.59. The summed E-state index contributed by atoms with van der Waals surface area (Å²) in [5, 5.41) is 4.18. The van der Waals surface area contributed by atoms with E-state index < -0.39 is 71.4 Å². The molecule has 20 nitrogen and oxygen atoms in total. The molecule has 2 atom stereocenters. The predicted octanol–water partition coefficient (Wildman–Crippen LogP) is 21.9. The van der Waals surface area contributed by atoms with E-state index in [9.17, 15) is 19.2 Å². The lowest BCUT2D eigenvalue weighted by Crippen LogP contribution is -2.63. The summed E-state index contributed by atoms with van der Waals surface area (Å²) in [4.78, 5) is 70.5. The van der Waals surface area contributed by atoms with E-state index in [1.165, 1.54) is 22.5 Å². The monoisotopic (exact) mass is 1700 g/mol. The van der Waals surface area contributed by atoms with Crippen LogP contribution >= 0.6 is 0 Å². The summed E-state index contributed by atoms with van der Waals surface area (Å²) >= 11 is 0. The zero-order valence-electron chi connectivity index (χ0n) is 73.6. The number of nitrogens with zero attached hydrogens (tertiary/aromatic N) is 6. The van der Waals surface area contributed by atoms with Gasteiger partial charge in [-0.3, -0.25) is 29.2 Å². The Morgan fingerprint density at radius 2 is 0.760 bits per heavy atom. The third-order valence-corrected chi connectivity index (χ3v) is 34.6. The van der Waals surface area contributed by atoms with Gasteiger partial charge in [0, 0.05) is 72.9 Å². The van der Waals surface area contributed by atoms with Gasteiger partial charge in [-0.1, -0.05) is 166 Å². The zero-order chi connectivity index (χ0) is 85.4. The highest BCUT2D eigenvalue weighted by molar-refractivity contribution is 6.87. The highest BCUT2D eigenvalue weighted by Gasteiger charge is 2.62. The number of ether oxygens (including phenoxy) is 8. The molecular formula is C98H134N6O14Si3. The van der Waals surface area contributed by atoms with Crippen LogP contribution in [0.15, 0.2) is 168 Å². The number of aliphatic imine (C=N–C) groups is 2. The van der Waals surface area contributed by atoms with Crippen molar-refractivity contribution in [2.45, 2.75) is 210 Å². The van der Waals surface area contributed by atoms with E-state index in [1.807, 2.05) is 12.4 Å². The van der Waals surface area contributed by atoms with Crippen molar-refractivity contribution < 1.29 is 65.3 Å². The molecule has 0 saturated carbocycles. The second-order valence-corrected chi connectivity index (χ2v) is 49.5. The number of likely N-dealkylation sites (N-methyl/N-ethyl adjacent to an activating group) is 2. The molecule has 0 aliphatic carbocycles. The number of carbonyl (C=O) groups excluding carboxylic acids is 4. The number of fused-ring (bicyclic) bond motifs is 8. The molecule has 4 aliphatic heterocycles. The normalized spacial score (nSPS) is 16.8. The number of rotatable bonds is 38. The van der Waals surface area contributed by atoms with Crippen LogP contribution in [0.5, 0.6) is 11.5 Å². The Bertz CT molecular complexity index is 4670. The third kappa shape index (κ3) is 21.9. The van der Waals surface area contributed by atoms with Gasteiger partial charge in [0.05, 0.1) is 75.2 Å². The van der Waals surface area contributed by atoms with Crippen molar-refractivity contribution in [3.8, 4) is 33.8 Å². The van der Waals surface area contributed by atoms with Crippen molar-refractivity contribution in [2.24, 2.45) is 20.8 Å². The number of esters is 4. The van der Waals surface area contributed by atoms with Gasteiger partial charge in [0.15, 0.2) is 28.1 Å². The van der Waals surface area contributed by atoms with Crippen LogP contribution in [-0.2, 0) is 66.7 Å². The van der Waals surface area contributed by atoms with Gasteiger partial charge in [-0.05, 0) is 209 Å². The van der Waals surface area contributed by atoms with Crippen LogP contribution in [0, 0.1) is 10.8 Å². The fourth-order valence-corrected chi connectivity index (χ4v) is 31.5. The molecule has 0 N–H and O–H groups in total. The lowest BCUT2D eigenvalue weighted by atomic mass is 9.77. The summed E-state index contributed by atoms with van der Waals surface area (Å²) in [6, 6.07) is 57.1. The van der Waals surface area contributed by atoms with Crippen LogP contribution in [0.3, 0.4) is 0 Å². The molecule has 0 bridgehead atoms. The second-order valence-electron chi connectivity index (χ2n) is 37.0. The molecule has 652 valence electrons. The maximum Gasteiger partial charge on any atom is 0.311 e. The number of hydrogen-bond donors (Lipinski definition) is 0. The standard InChI is InChI=1S/C96H126N6O14Si3.2CH4/c1-19-99(71-43-39-69(40-44-71)77-63-81-89(75-33-23-21-31-73(75)77)113-95(65-97-81)93(9,10)79-35-25-27-37-83(79)101(95)67-91(3,4)5)51-55-109-85(103)47-49-87(105)111-59-57-107-53-29-61-117(13,14)115-119(17,18)116-118(15,16)62-30-54-108-58-60-112-88(106)50-48-86(104)110-56-52-100(20-2)72-45-41-70(42-46-72)78-64-82-90(76-34-24-22-32-74(76)78)114-96(66-98-82)94(11,12)80-36-26-28-38-84(80)102(96)68-92(6,7)8;;/h21-28,31-46,63-66H,19-20,29-30,47-62,67-68H2,1-18H3;2*1H4. The van der Waals surface area contributed by atoms with Gasteiger partial charge in [0.1, 0.15) is 37.8 Å². The molecule has 121 heavy (non-hydrogen) atoms. The van der Waals surface area contributed by atoms with Crippen LogP contribution in [0.2, 0.25) is 51.4 Å². The fraction of sp³-hybridized carbons (Fsp3) is 0.490. The van der Waals surface area contributed by atoms with Crippen LogP contribution in [0.25, 0.3) is 43.8 Å². The molecule has 8 aromatic rings. The average molecular weight is 1700 g/mol. The average Bonchev–Trinajstić information content (AvgIpc) is 1.56. The topological polar surface area (TPSA) is 198 Å². The summed E-state index contributed by atoms with van der Waals surface area (Å²) in [7, 11) is -6.72. The summed E-state index contributed by atoms with van der Waals surface area (Å²) in [5.74, 6) is -0.291. The SMILES string of the molecule is C.C.CCN(CCOC(=O)CCC(=O)OCCOCCC[Si](C)(C)O[Si](C)(C)O[Si](C)(C)CCCOCCOC(=O)CCC(=O)OCCN(CC)c1ccc(-c2cc3c(c4ccccc24)OC2(C=N3)N(CC(C)(C)C)c3ccccc3C2(C)C)cc1)c1ccc(-c2cc3c(c4ccccc24)OC2(C=N3)N(CC(C)(C)C)c3ccccc3C2(C)C)cc1. The maximum atomic E-state index is 12.8. The molecule has 0 fully saturated rings. The van der Waals surface area contributed by atoms with Gasteiger partial charge in [-0.25, -0.2) is 0 Å². The van der Waals surface area contributed by atoms with Crippen LogP contribution in [-0.4, -0.2) is 165 Å². The Kier molecular flexibility index (Phi) is 30.4. The van der Waals surface area contributed by atoms with E-state index in [-0.39, 0.29) is 91.0 Å². The van der Waals surface area contributed by atoms with Crippen molar-refractivity contribution in [1.29, 1.82) is 0 Å². The second kappa shape index (κ2) is 39.1. The van der Waals surface area contributed by atoms with Crippen LogP contribution < -0.4 is 29.1 Å². The van der Waals surface area contributed by atoms with Crippen molar-refractivity contribution >= 4 is 117 Å². The summed E-state index contributed by atoms with van der Waals surface area (Å²) in [6.07, 6.45) is 5.36. The first-order valence-electron chi connectivity index (χ1n) is 42.7. The molecule has 23 heteroatoms. The molecule has 4 aliphatic rings. The van der Waals surface area contributed by atoms with Crippen LogP contribution in [0.4, 0.5) is 34.1 Å². The van der Waals surface area contributed by atoms with Gasteiger partial charge >= 0.3 is 32.4 Å². The first-order chi connectivity index (χ1) is 56.5. The molecule has 0 radical (unpaired) electrons. The molecule has 12 rings (SSSR count). The fourth-order valence-electron chi connectivity index (χ4n) is 17.5. The third-order valence-electron chi connectivity index (χ3n) is 23.1. The van der Waals surface area contributed by atoms with Crippen LogP contribution in [0.1, 0.15) is 148 Å². The van der Waals surface area contributed by atoms with E-state index in [0.29, 0.717) is 39.4 Å². The number of anilines is 4. The predicted molar refractivity (Wildman–Crippen MR) is 501 cm³/mol. The molecular weight excluding hydrogens is 1570 g/mol. The zero-order valence-corrected chi connectivity index (χ0v) is 76.6. The number of para-hydroxylation sites is 2. The maximum absolute atomic E-state index is 12.8. The van der Waals surface area contributed by atoms with Crippen molar-refractivity contribution in [1.82, 2.24) is 0 Å².